The molecule has 1 saturated heterocycles. The Bertz CT molecular complexity index is 513. The van der Waals surface area contributed by atoms with Gasteiger partial charge in [0.1, 0.15) is 11.9 Å². The topological polar surface area (TPSA) is 46.6 Å². The number of hydrogen-bond donors (Lipinski definition) is 0. The molecule has 0 saturated carbocycles. The van der Waals surface area contributed by atoms with E-state index in [1.165, 1.54) is 24.3 Å². The summed E-state index contributed by atoms with van der Waals surface area (Å²) in [5.74, 6) is -0.303. The quantitative estimate of drug-likeness (QED) is 0.591. The van der Waals surface area contributed by atoms with Crippen LogP contribution < -0.4 is 0 Å². The molecule has 22 heavy (non-hydrogen) atoms. The van der Waals surface area contributed by atoms with E-state index in [9.17, 15) is 14.0 Å². The number of nitrogens with zero attached hydrogens (tertiary/aromatic N) is 1. The van der Waals surface area contributed by atoms with Gasteiger partial charge >= 0.3 is 5.43 Å². The van der Waals surface area contributed by atoms with Crippen molar-refractivity contribution in [1.82, 2.24) is 4.90 Å². The molecule has 0 bridgehead atoms. The molecule has 0 atom stereocenters. The van der Waals surface area contributed by atoms with Crippen LogP contribution in [0.25, 0.3) is 0 Å². The predicted octanol–water partition coefficient (Wildman–Crippen LogP) is 3.63. The Balaban J connectivity index is 1.66. The zero-order valence-corrected chi connectivity index (χ0v) is 13.0. The average molecular weight is 328 g/mol. The van der Waals surface area contributed by atoms with Crippen molar-refractivity contribution in [3.05, 3.63) is 35.6 Å². The average Bonchev–Trinajstić information content (AvgIpc) is 2.49. The Kier molecular flexibility index (Phi) is 6.34. The maximum absolute atomic E-state index is 12.8. The number of hydrogen-bond acceptors (Lipinski definition) is 4. The normalized spacial score (nSPS) is 16.5. The fraction of sp³-hybridized carbons (Fsp3) is 0.500. The highest BCUT2D eigenvalue weighted by atomic mass is 35.5. The van der Waals surface area contributed by atoms with Gasteiger partial charge in [-0.1, -0.05) is 0 Å². The molecule has 0 N–H and O–H groups in total. The van der Waals surface area contributed by atoms with E-state index >= 15 is 0 Å². The number of carbonyl (C=O) groups excluding carboxylic acids is 2. The first kappa shape index (κ1) is 16.9. The molecule has 0 amide bonds. The van der Waals surface area contributed by atoms with E-state index in [4.69, 9.17) is 16.3 Å². The third-order valence-electron chi connectivity index (χ3n) is 3.84. The summed E-state index contributed by atoms with van der Waals surface area (Å²) in [6, 6.07) is 5.64. The molecule has 1 aromatic rings. The minimum atomic E-state index is -0.747. The van der Waals surface area contributed by atoms with Gasteiger partial charge in [-0.15, -0.1) is 0 Å². The molecule has 6 heteroatoms. The van der Waals surface area contributed by atoms with Crippen LogP contribution in [0.1, 0.15) is 36.0 Å². The molecule has 0 unspecified atom stereocenters. The van der Waals surface area contributed by atoms with Gasteiger partial charge in [0.2, 0.25) is 0 Å². The van der Waals surface area contributed by atoms with Crippen LogP contribution in [-0.4, -0.2) is 41.8 Å². The maximum Gasteiger partial charge on any atom is 0.404 e. The van der Waals surface area contributed by atoms with Gasteiger partial charge in [0.15, 0.2) is 5.78 Å². The molecule has 0 aromatic heterocycles. The van der Waals surface area contributed by atoms with Crippen LogP contribution in [0.4, 0.5) is 9.18 Å². The van der Waals surface area contributed by atoms with Crippen molar-refractivity contribution in [3.8, 4) is 0 Å². The van der Waals surface area contributed by atoms with E-state index in [1.807, 2.05) is 0 Å². The highest BCUT2D eigenvalue weighted by Gasteiger charge is 2.21. The molecular weight excluding hydrogens is 309 g/mol. The van der Waals surface area contributed by atoms with Crippen molar-refractivity contribution in [1.29, 1.82) is 0 Å². The molecule has 1 fully saturated rings. The zero-order chi connectivity index (χ0) is 15.9. The number of ether oxygens (including phenoxy) is 1. The lowest BCUT2D eigenvalue weighted by Crippen LogP contribution is -2.37. The van der Waals surface area contributed by atoms with Gasteiger partial charge in [-0.05, 0) is 50.1 Å². The molecule has 1 aliphatic rings. The minimum absolute atomic E-state index is 0.0333. The summed E-state index contributed by atoms with van der Waals surface area (Å²) in [4.78, 5) is 24.9. The fourth-order valence-electron chi connectivity index (χ4n) is 2.63. The molecule has 0 radical (unpaired) electrons. The SMILES string of the molecule is O=C(Cl)OC1CCN(CCCC(=O)c2ccc(F)cc2)CC1. The van der Waals surface area contributed by atoms with Gasteiger partial charge in [0.05, 0.1) is 0 Å². The molecule has 1 aliphatic heterocycles. The first-order valence-corrected chi connectivity index (χ1v) is 7.79. The number of rotatable bonds is 6. The number of halogens is 2. The van der Waals surface area contributed by atoms with E-state index < -0.39 is 5.43 Å². The molecule has 0 aliphatic carbocycles. The van der Waals surface area contributed by atoms with E-state index in [2.05, 4.69) is 4.90 Å². The van der Waals surface area contributed by atoms with Crippen molar-refractivity contribution in [3.63, 3.8) is 0 Å². The van der Waals surface area contributed by atoms with Gasteiger partial charge in [-0.2, -0.15) is 0 Å². The third-order valence-corrected chi connectivity index (χ3v) is 3.93. The van der Waals surface area contributed by atoms with Crippen molar-refractivity contribution in [2.75, 3.05) is 19.6 Å². The van der Waals surface area contributed by atoms with Crippen LogP contribution in [0.3, 0.4) is 0 Å². The summed E-state index contributed by atoms with van der Waals surface area (Å²) < 4.78 is 17.8. The van der Waals surface area contributed by atoms with Crippen molar-refractivity contribution >= 4 is 22.8 Å². The second-order valence-corrected chi connectivity index (χ2v) is 5.74. The van der Waals surface area contributed by atoms with Gasteiger partial charge < -0.3 is 9.64 Å². The van der Waals surface area contributed by atoms with Crippen molar-refractivity contribution in [2.45, 2.75) is 31.8 Å². The Morgan fingerprint density at radius 1 is 1.23 bits per heavy atom. The van der Waals surface area contributed by atoms with Gasteiger partial charge in [0.25, 0.3) is 0 Å². The number of carbonyl (C=O) groups is 2. The van der Waals surface area contributed by atoms with E-state index in [1.54, 1.807) is 0 Å². The number of benzene rings is 1. The number of piperidine rings is 1. The summed E-state index contributed by atoms with van der Waals surface area (Å²) in [7, 11) is 0. The van der Waals surface area contributed by atoms with Crippen LogP contribution in [-0.2, 0) is 4.74 Å². The Morgan fingerprint density at radius 2 is 1.86 bits per heavy atom. The lowest BCUT2D eigenvalue weighted by Gasteiger charge is -2.31. The Morgan fingerprint density at radius 3 is 2.45 bits per heavy atom. The largest absolute Gasteiger partial charge is 0.450 e. The lowest BCUT2D eigenvalue weighted by molar-refractivity contribution is 0.0643. The second kappa shape index (κ2) is 8.25. The van der Waals surface area contributed by atoms with Crippen LogP contribution in [0.2, 0.25) is 0 Å². The zero-order valence-electron chi connectivity index (χ0n) is 12.3. The molecule has 0 spiro atoms. The monoisotopic (exact) mass is 327 g/mol. The predicted molar refractivity (Wildman–Crippen MR) is 81.8 cm³/mol. The third kappa shape index (κ3) is 5.39. The fourth-order valence-corrected chi connectivity index (χ4v) is 2.75. The lowest BCUT2D eigenvalue weighted by atomic mass is 10.0. The molecular formula is C16H19ClFNO3. The van der Waals surface area contributed by atoms with Gasteiger partial charge in [0, 0.05) is 36.7 Å². The maximum atomic E-state index is 12.8. The van der Waals surface area contributed by atoms with Crippen LogP contribution in [0.5, 0.6) is 0 Å². The van der Waals surface area contributed by atoms with Crippen LogP contribution in [0, 0.1) is 5.82 Å². The van der Waals surface area contributed by atoms with Crippen molar-refractivity contribution in [2.24, 2.45) is 0 Å². The summed E-state index contributed by atoms with van der Waals surface area (Å²) in [6.45, 7) is 2.49. The van der Waals surface area contributed by atoms with E-state index in [-0.39, 0.29) is 17.7 Å². The van der Waals surface area contributed by atoms with Gasteiger partial charge in [-0.25, -0.2) is 9.18 Å². The van der Waals surface area contributed by atoms with Gasteiger partial charge in [-0.3, -0.25) is 4.79 Å². The number of likely N-dealkylation sites (tertiary alicyclic amines) is 1. The molecule has 120 valence electrons. The second-order valence-electron chi connectivity index (χ2n) is 5.43. The smallest absolute Gasteiger partial charge is 0.404 e. The first-order valence-electron chi connectivity index (χ1n) is 7.42. The molecule has 4 nitrogen and oxygen atoms in total. The minimum Gasteiger partial charge on any atom is -0.450 e. The number of ketones is 1. The molecule has 1 heterocycles. The molecule has 2 rings (SSSR count). The van der Waals surface area contributed by atoms with E-state index in [0.717, 1.165) is 38.9 Å². The summed E-state index contributed by atoms with van der Waals surface area (Å²) in [5, 5.41) is 0. The first-order chi connectivity index (χ1) is 10.5. The highest BCUT2D eigenvalue weighted by Crippen LogP contribution is 2.16. The summed E-state index contributed by atoms with van der Waals surface area (Å²) in [5.41, 5.74) is -0.197. The molecule has 1 aromatic carbocycles. The number of Topliss-reactive ketones (excluding diaryl/α,β-unsaturated/α-hetero) is 1. The Hall–Kier alpha value is -1.46. The van der Waals surface area contributed by atoms with Crippen LogP contribution >= 0.6 is 11.6 Å². The highest BCUT2D eigenvalue weighted by molar-refractivity contribution is 6.61. The van der Waals surface area contributed by atoms with Crippen molar-refractivity contribution < 1.29 is 18.7 Å². The Labute approximate surface area is 134 Å². The van der Waals surface area contributed by atoms with E-state index in [0.29, 0.717) is 12.0 Å². The summed E-state index contributed by atoms with van der Waals surface area (Å²) >= 11 is 5.20. The van der Waals surface area contributed by atoms with Crippen LogP contribution in [0.15, 0.2) is 24.3 Å². The summed E-state index contributed by atoms with van der Waals surface area (Å²) in [6.07, 6.45) is 2.65. The standard InChI is InChI=1S/C16H19ClFNO3/c17-16(21)22-14-7-10-19(11-8-14)9-1-2-15(20)12-3-5-13(18)6-4-12/h3-6,14H,1-2,7-11H2.